The van der Waals surface area contributed by atoms with Crippen LogP contribution >= 0.6 is 0 Å². The Morgan fingerprint density at radius 2 is 1.93 bits per heavy atom. The van der Waals surface area contributed by atoms with Gasteiger partial charge in [0.05, 0.1) is 19.1 Å². The molecule has 2 aromatic carbocycles. The van der Waals surface area contributed by atoms with Crippen LogP contribution in [0, 0.1) is 0 Å². The zero-order chi connectivity index (χ0) is 19.4. The van der Waals surface area contributed by atoms with Gasteiger partial charge in [0.15, 0.2) is 0 Å². The highest BCUT2D eigenvalue weighted by Crippen LogP contribution is 2.30. The summed E-state index contributed by atoms with van der Waals surface area (Å²) >= 11 is 0. The first-order chi connectivity index (χ1) is 13.0. The summed E-state index contributed by atoms with van der Waals surface area (Å²) in [5.74, 6) is 0.785. The number of nitrogens with one attached hydrogen (secondary N) is 1. The Kier molecular flexibility index (Phi) is 5.79. The van der Waals surface area contributed by atoms with Crippen LogP contribution in [-0.4, -0.2) is 25.0 Å². The fourth-order valence-corrected chi connectivity index (χ4v) is 3.38. The molecule has 0 unspecified atom stereocenters. The van der Waals surface area contributed by atoms with E-state index in [1.54, 1.807) is 11.0 Å². The van der Waals surface area contributed by atoms with Crippen molar-refractivity contribution in [3.8, 4) is 5.75 Å². The summed E-state index contributed by atoms with van der Waals surface area (Å²) in [5.41, 5.74) is 3.45. The monoisotopic (exact) mass is 366 g/mol. The van der Waals surface area contributed by atoms with Gasteiger partial charge in [-0.25, -0.2) is 0 Å². The van der Waals surface area contributed by atoms with Crippen molar-refractivity contribution in [2.24, 2.45) is 0 Å². The topological polar surface area (TPSA) is 58.6 Å². The summed E-state index contributed by atoms with van der Waals surface area (Å²) in [6.45, 7) is 7.29. The van der Waals surface area contributed by atoms with Gasteiger partial charge < -0.3 is 15.0 Å². The van der Waals surface area contributed by atoms with E-state index >= 15 is 0 Å². The Bertz CT molecular complexity index is 830. The van der Waals surface area contributed by atoms with E-state index < -0.39 is 0 Å². The Hall–Kier alpha value is -2.82. The highest BCUT2D eigenvalue weighted by atomic mass is 16.5. The molecule has 3 rings (SSSR count). The number of carbonyl (C=O) groups is 2. The van der Waals surface area contributed by atoms with Crippen LogP contribution < -0.4 is 15.0 Å². The third kappa shape index (κ3) is 4.13. The number of fused-ring (bicyclic) bond motifs is 1. The van der Waals surface area contributed by atoms with Crippen LogP contribution in [0.1, 0.15) is 54.7 Å². The lowest BCUT2D eigenvalue weighted by Crippen LogP contribution is -2.27. The molecule has 0 aromatic heterocycles. The molecule has 1 aliphatic heterocycles. The van der Waals surface area contributed by atoms with Crippen molar-refractivity contribution in [3.63, 3.8) is 0 Å². The first-order valence-electron chi connectivity index (χ1n) is 9.50. The molecule has 2 aromatic rings. The normalized spacial score (nSPS) is 14.0. The smallest absolute Gasteiger partial charge is 0.251 e. The predicted molar refractivity (Wildman–Crippen MR) is 106 cm³/mol. The highest BCUT2D eigenvalue weighted by molar-refractivity contribution is 6.03. The minimum atomic E-state index is -0.138. The lowest BCUT2D eigenvalue weighted by Gasteiger charge is -2.17. The van der Waals surface area contributed by atoms with Gasteiger partial charge >= 0.3 is 0 Å². The number of hydrogen-bond acceptors (Lipinski definition) is 3. The van der Waals surface area contributed by atoms with Crippen molar-refractivity contribution in [3.05, 3.63) is 59.2 Å². The van der Waals surface area contributed by atoms with Gasteiger partial charge in [-0.1, -0.05) is 19.1 Å². The van der Waals surface area contributed by atoms with E-state index in [0.29, 0.717) is 25.1 Å². The molecule has 0 radical (unpaired) electrons. The van der Waals surface area contributed by atoms with Crippen molar-refractivity contribution in [1.29, 1.82) is 0 Å². The molecule has 1 heterocycles. The lowest BCUT2D eigenvalue weighted by molar-refractivity contribution is -0.117. The molecule has 0 bridgehead atoms. The van der Waals surface area contributed by atoms with Crippen molar-refractivity contribution in [2.45, 2.75) is 39.7 Å². The molecular weight excluding hydrogens is 340 g/mol. The van der Waals surface area contributed by atoms with Crippen LogP contribution in [0.4, 0.5) is 5.69 Å². The van der Waals surface area contributed by atoms with Crippen molar-refractivity contribution < 1.29 is 14.3 Å². The van der Waals surface area contributed by atoms with E-state index in [0.717, 1.165) is 29.0 Å². The molecule has 142 valence electrons. The Labute approximate surface area is 160 Å². The molecule has 0 fully saturated rings. The number of ether oxygens (including phenoxy) is 1. The van der Waals surface area contributed by atoms with Crippen molar-refractivity contribution in [2.75, 3.05) is 18.1 Å². The number of carbonyl (C=O) groups excluding carboxylic acids is 2. The largest absolute Gasteiger partial charge is 0.494 e. The number of nitrogens with zero attached hydrogens (tertiary/aromatic N) is 1. The summed E-state index contributed by atoms with van der Waals surface area (Å²) in [7, 11) is 0. The minimum absolute atomic E-state index is 0.104. The summed E-state index contributed by atoms with van der Waals surface area (Å²) in [6.07, 6.45) is 1.28. The number of anilines is 1. The van der Waals surface area contributed by atoms with Gasteiger partial charge in [0.2, 0.25) is 5.91 Å². The molecule has 27 heavy (non-hydrogen) atoms. The van der Waals surface area contributed by atoms with E-state index in [9.17, 15) is 9.59 Å². The van der Waals surface area contributed by atoms with E-state index in [4.69, 9.17) is 4.74 Å². The molecule has 0 aliphatic carbocycles. The second-order valence-electron chi connectivity index (χ2n) is 6.76. The standard InChI is InChI=1S/C22H26N2O3/c1-4-12-24-20-11-8-17(13-18(20)14-21(24)25)22(26)23-15(3)16-6-9-19(10-7-16)27-5-2/h6-11,13,15H,4-5,12,14H2,1-3H3,(H,23,26)/t15-/m0/s1. The van der Waals surface area contributed by atoms with Gasteiger partial charge in [0.25, 0.3) is 5.91 Å². The third-order valence-electron chi connectivity index (χ3n) is 4.76. The van der Waals surface area contributed by atoms with Gasteiger partial charge in [-0.05, 0) is 61.7 Å². The Morgan fingerprint density at radius 3 is 2.59 bits per heavy atom. The molecule has 1 N–H and O–H groups in total. The van der Waals surface area contributed by atoms with E-state index in [2.05, 4.69) is 12.2 Å². The fraction of sp³-hybridized carbons (Fsp3) is 0.364. The zero-order valence-electron chi connectivity index (χ0n) is 16.1. The minimum Gasteiger partial charge on any atom is -0.494 e. The summed E-state index contributed by atoms with van der Waals surface area (Å²) in [5, 5.41) is 3.02. The molecule has 1 atom stereocenters. The van der Waals surface area contributed by atoms with Gasteiger partial charge in [-0.3, -0.25) is 9.59 Å². The number of amides is 2. The first kappa shape index (κ1) is 19.0. The zero-order valence-corrected chi connectivity index (χ0v) is 16.1. The fourth-order valence-electron chi connectivity index (χ4n) is 3.38. The van der Waals surface area contributed by atoms with E-state index in [1.807, 2.05) is 50.2 Å². The van der Waals surface area contributed by atoms with E-state index in [-0.39, 0.29) is 17.9 Å². The van der Waals surface area contributed by atoms with Gasteiger partial charge in [0.1, 0.15) is 5.75 Å². The Morgan fingerprint density at radius 1 is 1.19 bits per heavy atom. The number of rotatable bonds is 7. The maximum Gasteiger partial charge on any atom is 0.251 e. The molecule has 0 saturated carbocycles. The van der Waals surface area contributed by atoms with Crippen LogP contribution in [0.15, 0.2) is 42.5 Å². The lowest BCUT2D eigenvalue weighted by atomic mass is 10.1. The molecule has 1 aliphatic rings. The maximum atomic E-state index is 12.7. The predicted octanol–water partition coefficient (Wildman–Crippen LogP) is 3.88. The molecule has 5 nitrogen and oxygen atoms in total. The summed E-state index contributed by atoms with van der Waals surface area (Å²) in [4.78, 5) is 26.6. The second kappa shape index (κ2) is 8.25. The highest BCUT2D eigenvalue weighted by Gasteiger charge is 2.27. The van der Waals surface area contributed by atoms with Gasteiger partial charge in [-0.15, -0.1) is 0 Å². The third-order valence-corrected chi connectivity index (χ3v) is 4.76. The Balaban J connectivity index is 1.69. The molecule has 5 heteroatoms. The van der Waals surface area contributed by atoms with Crippen LogP contribution in [-0.2, 0) is 11.2 Å². The maximum absolute atomic E-state index is 12.7. The SMILES string of the molecule is CCCN1C(=O)Cc2cc(C(=O)N[C@@H](C)c3ccc(OCC)cc3)ccc21. The molecule has 0 spiro atoms. The average molecular weight is 366 g/mol. The van der Waals surface area contributed by atoms with Gasteiger partial charge in [0, 0.05) is 17.8 Å². The van der Waals surface area contributed by atoms with Crippen molar-refractivity contribution in [1.82, 2.24) is 5.32 Å². The number of hydrogen-bond donors (Lipinski definition) is 1. The summed E-state index contributed by atoms with van der Waals surface area (Å²) < 4.78 is 5.45. The quantitative estimate of drug-likeness (QED) is 0.809. The van der Waals surface area contributed by atoms with Crippen LogP contribution in [0.25, 0.3) is 0 Å². The molecular formula is C22H26N2O3. The van der Waals surface area contributed by atoms with E-state index in [1.165, 1.54) is 0 Å². The average Bonchev–Trinajstić information content (AvgIpc) is 2.97. The van der Waals surface area contributed by atoms with Crippen LogP contribution in [0.5, 0.6) is 5.75 Å². The second-order valence-corrected chi connectivity index (χ2v) is 6.76. The first-order valence-corrected chi connectivity index (χ1v) is 9.50. The van der Waals surface area contributed by atoms with Crippen molar-refractivity contribution >= 4 is 17.5 Å². The van der Waals surface area contributed by atoms with Gasteiger partial charge in [-0.2, -0.15) is 0 Å². The summed E-state index contributed by atoms with van der Waals surface area (Å²) in [6, 6.07) is 13.1. The van der Waals surface area contributed by atoms with Crippen LogP contribution in [0.2, 0.25) is 0 Å². The molecule has 2 amide bonds. The molecule has 0 saturated heterocycles. The van der Waals surface area contributed by atoms with Crippen LogP contribution in [0.3, 0.4) is 0 Å². The number of benzene rings is 2.